The molecule has 1 aromatic rings. The van der Waals surface area contributed by atoms with E-state index in [-0.39, 0.29) is 23.5 Å². The standard InChI is InChI=1S/C17H21FN2O3/c18-15-5-3-13(4-6-15)16(21)14-2-1-7-20(12-14)17(22)19-8-10-23-11-9-19/h3-6,14H,1-2,7-12H2/t14-/m0/s1. The molecule has 0 spiro atoms. The number of piperidine rings is 1. The maximum Gasteiger partial charge on any atom is 0.320 e. The summed E-state index contributed by atoms with van der Waals surface area (Å²) in [4.78, 5) is 28.7. The number of amides is 2. The number of nitrogens with zero attached hydrogens (tertiary/aromatic N) is 2. The number of likely N-dealkylation sites (tertiary alicyclic amines) is 1. The van der Waals surface area contributed by atoms with Crippen molar-refractivity contribution in [2.45, 2.75) is 12.8 Å². The number of carbonyl (C=O) groups is 2. The lowest BCUT2D eigenvalue weighted by Crippen LogP contribution is -2.51. The minimum absolute atomic E-state index is 0.00935. The maximum atomic E-state index is 13.0. The second kappa shape index (κ2) is 7.08. The van der Waals surface area contributed by atoms with Gasteiger partial charge < -0.3 is 14.5 Å². The third-order valence-corrected chi connectivity index (χ3v) is 4.47. The Kier molecular flexibility index (Phi) is 4.91. The van der Waals surface area contributed by atoms with E-state index >= 15 is 0 Å². The number of benzene rings is 1. The molecule has 0 saturated carbocycles. The molecular formula is C17H21FN2O3. The van der Waals surface area contributed by atoms with E-state index in [1.807, 2.05) is 0 Å². The first-order valence-electron chi connectivity index (χ1n) is 8.06. The van der Waals surface area contributed by atoms with Gasteiger partial charge in [-0.05, 0) is 37.1 Å². The highest BCUT2D eigenvalue weighted by atomic mass is 19.1. The Morgan fingerprint density at radius 1 is 1.04 bits per heavy atom. The van der Waals surface area contributed by atoms with E-state index in [9.17, 15) is 14.0 Å². The average molecular weight is 320 g/mol. The van der Waals surface area contributed by atoms with Crippen molar-refractivity contribution in [3.05, 3.63) is 35.6 Å². The Balaban J connectivity index is 1.64. The van der Waals surface area contributed by atoms with Crippen molar-refractivity contribution in [1.29, 1.82) is 0 Å². The smallest absolute Gasteiger partial charge is 0.320 e. The number of ether oxygens (including phenoxy) is 1. The quantitative estimate of drug-likeness (QED) is 0.785. The van der Waals surface area contributed by atoms with Crippen molar-refractivity contribution in [3.8, 4) is 0 Å². The lowest BCUT2D eigenvalue weighted by atomic mass is 9.90. The van der Waals surface area contributed by atoms with Crippen molar-refractivity contribution in [2.24, 2.45) is 5.92 Å². The largest absolute Gasteiger partial charge is 0.378 e. The highest BCUT2D eigenvalue weighted by Gasteiger charge is 2.31. The summed E-state index contributed by atoms with van der Waals surface area (Å²) in [6, 6.07) is 5.62. The molecule has 0 aliphatic carbocycles. The third kappa shape index (κ3) is 3.69. The van der Waals surface area contributed by atoms with Crippen LogP contribution in [-0.2, 0) is 4.74 Å². The van der Waals surface area contributed by atoms with Crippen LogP contribution in [0.5, 0.6) is 0 Å². The predicted octanol–water partition coefficient (Wildman–Crippen LogP) is 2.17. The molecule has 124 valence electrons. The molecule has 5 nitrogen and oxygen atoms in total. The van der Waals surface area contributed by atoms with Crippen LogP contribution in [0.2, 0.25) is 0 Å². The molecule has 0 unspecified atom stereocenters. The third-order valence-electron chi connectivity index (χ3n) is 4.47. The molecule has 0 aromatic heterocycles. The number of Topliss-reactive ketones (excluding diaryl/α,β-unsaturated/α-hetero) is 1. The van der Waals surface area contributed by atoms with Gasteiger partial charge in [-0.1, -0.05) is 0 Å². The topological polar surface area (TPSA) is 49.9 Å². The molecule has 2 aliphatic heterocycles. The molecule has 0 radical (unpaired) electrons. The van der Waals surface area contributed by atoms with E-state index in [1.165, 1.54) is 24.3 Å². The lowest BCUT2D eigenvalue weighted by Gasteiger charge is -2.37. The zero-order valence-corrected chi connectivity index (χ0v) is 13.0. The number of ketones is 1. The fourth-order valence-electron chi connectivity index (χ4n) is 3.17. The second-order valence-electron chi connectivity index (χ2n) is 6.04. The van der Waals surface area contributed by atoms with Crippen LogP contribution < -0.4 is 0 Å². The van der Waals surface area contributed by atoms with Crippen LogP contribution in [0.1, 0.15) is 23.2 Å². The normalized spacial score (nSPS) is 22.0. The van der Waals surface area contributed by atoms with Crippen LogP contribution in [-0.4, -0.2) is 61.0 Å². The average Bonchev–Trinajstić information content (AvgIpc) is 2.62. The van der Waals surface area contributed by atoms with Crippen LogP contribution in [0, 0.1) is 11.7 Å². The van der Waals surface area contributed by atoms with Crippen LogP contribution in [0.25, 0.3) is 0 Å². The van der Waals surface area contributed by atoms with Crippen molar-refractivity contribution in [1.82, 2.24) is 9.80 Å². The van der Waals surface area contributed by atoms with Crippen molar-refractivity contribution in [3.63, 3.8) is 0 Å². The molecule has 2 heterocycles. The highest BCUT2D eigenvalue weighted by Crippen LogP contribution is 2.22. The number of urea groups is 1. The highest BCUT2D eigenvalue weighted by molar-refractivity contribution is 5.98. The Hall–Kier alpha value is -1.95. The predicted molar refractivity (Wildman–Crippen MR) is 82.8 cm³/mol. The van der Waals surface area contributed by atoms with E-state index in [4.69, 9.17) is 4.74 Å². The van der Waals surface area contributed by atoms with Gasteiger partial charge >= 0.3 is 6.03 Å². The van der Waals surface area contributed by atoms with Crippen molar-refractivity contribution in [2.75, 3.05) is 39.4 Å². The summed E-state index contributed by atoms with van der Waals surface area (Å²) in [5, 5.41) is 0. The van der Waals surface area contributed by atoms with Gasteiger partial charge in [-0.3, -0.25) is 4.79 Å². The zero-order chi connectivity index (χ0) is 16.2. The summed E-state index contributed by atoms with van der Waals surface area (Å²) in [5.74, 6) is -0.571. The van der Waals surface area contributed by atoms with Gasteiger partial charge in [-0.2, -0.15) is 0 Å². The number of rotatable bonds is 2. The molecule has 2 amide bonds. The van der Waals surface area contributed by atoms with E-state index in [0.717, 1.165) is 12.8 Å². The van der Waals surface area contributed by atoms with Crippen LogP contribution in [0.3, 0.4) is 0 Å². The van der Waals surface area contributed by atoms with Gasteiger partial charge in [0, 0.05) is 37.7 Å². The number of morpholine rings is 1. The number of hydrogen-bond donors (Lipinski definition) is 0. The lowest BCUT2D eigenvalue weighted by molar-refractivity contribution is 0.0388. The Morgan fingerprint density at radius 3 is 2.43 bits per heavy atom. The van der Waals surface area contributed by atoms with E-state index in [1.54, 1.807) is 9.80 Å². The summed E-state index contributed by atoms with van der Waals surface area (Å²) in [7, 11) is 0. The summed E-state index contributed by atoms with van der Waals surface area (Å²) < 4.78 is 18.3. The fourth-order valence-corrected chi connectivity index (χ4v) is 3.17. The summed E-state index contributed by atoms with van der Waals surface area (Å²) >= 11 is 0. The zero-order valence-electron chi connectivity index (χ0n) is 13.0. The monoisotopic (exact) mass is 320 g/mol. The van der Waals surface area contributed by atoms with Gasteiger partial charge in [-0.15, -0.1) is 0 Å². The van der Waals surface area contributed by atoms with Gasteiger partial charge in [0.05, 0.1) is 13.2 Å². The molecule has 23 heavy (non-hydrogen) atoms. The minimum atomic E-state index is -0.352. The SMILES string of the molecule is O=C(c1ccc(F)cc1)[C@H]1CCCN(C(=O)N2CCOCC2)C1. The summed E-state index contributed by atoms with van der Waals surface area (Å²) in [6.45, 7) is 3.46. The fraction of sp³-hybridized carbons (Fsp3) is 0.529. The molecule has 0 N–H and O–H groups in total. The number of carbonyl (C=O) groups excluding carboxylic acids is 2. The molecule has 0 bridgehead atoms. The molecule has 2 aliphatic rings. The first kappa shape index (κ1) is 15.9. The second-order valence-corrected chi connectivity index (χ2v) is 6.04. The molecule has 6 heteroatoms. The van der Waals surface area contributed by atoms with Gasteiger partial charge in [0.2, 0.25) is 0 Å². The van der Waals surface area contributed by atoms with Crippen LogP contribution >= 0.6 is 0 Å². The van der Waals surface area contributed by atoms with Gasteiger partial charge in [0.25, 0.3) is 0 Å². The Bertz CT molecular complexity index is 570. The van der Waals surface area contributed by atoms with Gasteiger partial charge in [0.1, 0.15) is 5.82 Å². The summed E-state index contributed by atoms with van der Waals surface area (Å²) in [6.07, 6.45) is 1.58. The number of halogens is 1. The molecule has 1 aromatic carbocycles. The Morgan fingerprint density at radius 2 is 1.74 bits per heavy atom. The molecule has 2 saturated heterocycles. The van der Waals surface area contributed by atoms with E-state index < -0.39 is 0 Å². The van der Waals surface area contributed by atoms with Crippen LogP contribution in [0.15, 0.2) is 24.3 Å². The van der Waals surface area contributed by atoms with Gasteiger partial charge in [-0.25, -0.2) is 9.18 Å². The number of hydrogen-bond acceptors (Lipinski definition) is 3. The molecule has 3 rings (SSSR count). The maximum absolute atomic E-state index is 13.0. The first-order chi connectivity index (χ1) is 11.1. The molecular weight excluding hydrogens is 299 g/mol. The molecule has 2 fully saturated rings. The van der Waals surface area contributed by atoms with Crippen LogP contribution in [0.4, 0.5) is 9.18 Å². The van der Waals surface area contributed by atoms with E-state index in [2.05, 4.69) is 0 Å². The first-order valence-corrected chi connectivity index (χ1v) is 8.06. The van der Waals surface area contributed by atoms with Crippen molar-refractivity contribution < 1.29 is 18.7 Å². The van der Waals surface area contributed by atoms with Gasteiger partial charge in [0.15, 0.2) is 5.78 Å². The Labute approximate surface area is 135 Å². The summed E-state index contributed by atoms with van der Waals surface area (Å²) in [5.41, 5.74) is 0.511. The van der Waals surface area contributed by atoms with Crippen molar-refractivity contribution >= 4 is 11.8 Å². The minimum Gasteiger partial charge on any atom is -0.378 e. The molecule has 1 atom stereocenters. The van der Waals surface area contributed by atoms with E-state index in [0.29, 0.717) is 45.0 Å².